The lowest BCUT2D eigenvalue weighted by atomic mass is 9.97. The van der Waals surface area contributed by atoms with Gasteiger partial charge >= 0.3 is 0 Å². The fourth-order valence-corrected chi connectivity index (χ4v) is 4.97. The largest absolute Gasteiger partial charge is 0.325 e. The summed E-state index contributed by atoms with van der Waals surface area (Å²) in [5.74, 6) is 4.04. The minimum atomic E-state index is -2.84. The number of hydrogen-bond acceptors (Lipinski definition) is 5. The lowest BCUT2D eigenvalue weighted by Gasteiger charge is -2.26. The highest BCUT2D eigenvalue weighted by atomic mass is 19.3. The summed E-state index contributed by atoms with van der Waals surface area (Å²) >= 11 is 0. The predicted octanol–water partition coefficient (Wildman–Crippen LogP) is 5.38. The van der Waals surface area contributed by atoms with E-state index in [0.717, 1.165) is 43.0 Å². The third-order valence-electron chi connectivity index (χ3n) is 7.14. The maximum Gasteiger partial charge on any atom is 0.261 e. The van der Waals surface area contributed by atoms with Gasteiger partial charge in [-0.25, -0.2) is 13.2 Å². The third kappa shape index (κ3) is 3.42. The van der Waals surface area contributed by atoms with Gasteiger partial charge in [0.1, 0.15) is 11.6 Å². The molecule has 1 aromatic carbocycles. The summed E-state index contributed by atoms with van der Waals surface area (Å²) in [7, 11) is 0. The molecule has 0 bridgehead atoms. The maximum atomic E-state index is 15.2. The summed E-state index contributed by atoms with van der Waals surface area (Å²) in [6.07, 6.45) is 6.09. The topological polar surface area (TPSA) is 59.2 Å². The summed E-state index contributed by atoms with van der Waals surface area (Å²) in [6.45, 7) is 3.35. The summed E-state index contributed by atoms with van der Waals surface area (Å²) in [4.78, 5) is 10.8. The minimum absolute atomic E-state index is 0.335. The Kier molecular flexibility index (Phi) is 4.78. The van der Waals surface area contributed by atoms with E-state index in [9.17, 15) is 8.78 Å². The van der Waals surface area contributed by atoms with E-state index in [1.54, 1.807) is 17.5 Å². The molecule has 0 atom stereocenters. The van der Waals surface area contributed by atoms with Crippen LogP contribution in [0.15, 0.2) is 30.6 Å². The molecular formula is C26H23F3N6. The zero-order chi connectivity index (χ0) is 24.4. The molecule has 6 nitrogen and oxygen atoms in total. The second kappa shape index (κ2) is 7.67. The van der Waals surface area contributed by atoms with Gasteiger partial charge in [-0.2, -0.15) is 4.98 Å². The van der Waals surface area contributed by atoms with Gasteiger partial charge in [-0.3, -0.25) is 9.38 Å². The highest BCUT2D eigenvalue weighted by Crippen LogP contribution is 2.56. The van der Waals surface area contributed by atoms with E-state index in [-0.39, 0.29) is 0 Å². The van der Waals surface area contributed by atoms with Crippen LogP contribution in [0.3, 0.4) is 0 Å². The van der Waals surface area contributed by atoms with Crippen molar-refractivity contribution in [2.45, 2.75) is 51.9 Å². The van der Waals surface area contributed by atoms with Crippen LogP contribution in [-0.4, -0.2) is 37.0 Å². The van der Waals surface area contributed by atoms with Gasteiger partial charge in [-0.05, 0) is 56.7 Å². The molecule has 4 heterocycles. The second-order valence-corrected chi connectivity index (χ2v) is 9.47. The first kappa shape index (κ1) is 21.8. The van der Waals surface area contributed by atoms with Crippen LogP contribution >= 0.6 is 0 Å². The van der Waals surface area contributed by atoms with Crippen molar-refractivity contribution < 1.29 is 13.2 Å². The number of benzene rings is 1. The molecule has 0 spiro atoms. The molecule has 35 heavy (non-hydrogen) atoms. The van der Waals surface area contributed by atoms with Gasteiger partial charge in [-0.1, -0.05) is 17.9 Å². The average Bonchev–Trinajstić information content (AvgIpc) is 3.58. The van der Waals surface area contributed by atoms with Crippen LogP contribution in [0.2, 0.25) is 0 Å². The average molecular weight is 477 g/mol. The number of aryl methyl sites for hydroxylation is 1. The van der Waals surface area contributed by atoms with Crippen molar-refractivity contribution in [3.8, 4) is 11.8 Å². The van der Waals surface area contributed by atoms with E-state index in [0.29, 0.717) is 47.7 Å². The van der Waals surface area contributed by atoms with Crippen molar-refractivity contribution in [2.24, 2.45) is 5.41 Å². The van der Waals surface area contributed by atoms with Crippen molar-refractivity contribution in [1.29, 1.82) is 0 Å². The molecule has 0 radical (unpaired) electrons. The highest BCUT2D eigenvalue weighted by molar-refractivity contribution is 5.94. The molecule has 4 aromatic rings. The minimum Gasteiger partial charge on any atom is -0.325 e. The number of fused-ring (bicyclic) bond motifs is 4. The fraction of sp³-hybridized carbons (Fsp3) is 0.385. The van der Waals surface area contributed by atoms with Crippen LogP contribution in [0.4, 0.5) is 24.7 Å². The van der Waals surface area contributed by atoms with Crippen molar-refractivity contribution in [1.82, 2.24) is 24.6 Å². The van der Waals surface area contributed by atoms with Gasteiger partial charge in [0, 0.05) is 24.7 Å². The number of halogens is 3. The van der Waals surface area contributed by atoms with E-state index in [1.165, 1.54) is 6.20 Å². The normalized spacial score (nSPS) is 17.1. The Balaban J connectivity index is 1.54. The predicted molar refractivity (Wildman–Crippen MR) is 126 cm³/mol. The lowest BCUT2D eigenvalue weighted by Crippen LogP contribution is -2.24. The molecular weight excluding hydrogens is 453 g/mol. The number of alkyl halides is 2. The molecule has 2 aliphatic rings. The SMILES string of the molecule is Cc1nnc2nc(N3CCCCc4c(C#CC5(C(C)(F)F)CC5)cccc43)c3c(F)cncc3n12. The molecule has 3 aromatic heterocycles. The molecule has 0 unspecified atom stereocenters. The Labute approximate surface area is 200 Å². The van der Waals surface area contributed by atoms with Crippen LogP contribution in [0.1, 0.15) is 49.6 Å². The number of aromatic nitrogens is 5. The summed E-state index contributed by atoms with van der Waals surface area (Å²) in [5.41, 5.74) is 1.86. The van der Waals surface area contributed by atoms with Crippen LogP contribution in [0, 0.1) is 30.0 Å². The highest BCUT2D eigenvalue weighted by Gasteiger charge is 2.58. The molecule has 1 saturated carbocycles. The smallest absolute Gasteiger partial charge is 0.261 e. The number of anilines is 2. The monoisotopic (exact) mass is 476 g/mol. The molecule has 9 heteroatoms. The lowest BCUT2D eigenvalue weighted by molar-refractivity contribution is -0.0294. The number of hydrogen-bond donors (Lipinski definition) is 0. The number of pyridine rings is 1. The van der Waals surface area contributed by atoms with E-state index in [4.69, 9.17) is 4.98 Å². The van der Waals surface area contributed by atoms with Crippen molar-refractivity contribution >= 4 is 28.2 Å². The summed E-state index contributed by atoms with van der Waals surface area (Å²) in [5, 5.41) is 8.62. The zero-order valence-electron chi connectivity index (χ0n) is 19.4. The quantitative estimate of drug-likeness (QED) is 0.364. The van der Waals surface area contributed by atoms with Gasteiger partial charge in [-0.15, -0.1) is 10.2 Å². The Morgan fingerprint density at radius 3 is 2.71 bits per heavy atom. The molecule has 0 N–H and O–H groups in total. The first-order chi connectivity index (χ1) is 16.8. The van der Waals surface area contributed by atoms with E-state index in [2.05, 4.69) is 27.0 Å². The number of rotatable bonds is 2. The molecule has 1 aliphatic carbocycles. The fourth-order valence-electron chi connectivity index (χ4n) is 4.97. The van der Waals surface area contributed by atoms with Gasteiger partial charge in [0.15, 0.2) is 5.82 Å². The van der Waals surface area contributed by atoms with Crippen LogP contribution in [0.5, 0.6) is 0 Å². The van der Waals surface area contributed by atoms with Crippen molar-refractivity contribution in [2.75, 3.05) is 11.4 Å². The summed E-state index contributed by atoms with van der Waals surface area (Å²) in [6, 6.07) is 5.70. The molecule has 1 aliphatic heterocycles. The van der Waals surface area contributed by atoms with Crippen LogP contribution in [-0.2, 0) is 6.42 Å². The first-order valence-corrected chi connectivity index (χ1v) is 11.7. The Bertz CT molecular complexity index is 1540. The van der Waals surface area contributed by atoms with Crippen molar-refractivity contribution in [3.05, 3.63) is 53.4 Å². The Hall–Kier alpha value is -3.67. The van der Waals surface area contributed by atoms with E-state index >= 15 is 4.39 Å². The van der Waals surface area contributed by atoms with Gasteiger partial charge in [0.25, 0.3) is 11.7 Å². The van der Waals surface area contributed by atoms with Gasteiger partial charge in [0.2, 0.25) is 0 Å². The first-order valence-electron chi connectivity index (χ1n) is 11.7. The molecule has 1 fully saturated rings. The van der Waals surface area contributed by atoms with Crippen molar-refractivity contribution in [3.63, 3.8) is 0 Å². The maximum absolute atomic E-state index is 15.2. The molecule has 6 rings (SSSR count). The van der Waals surface area contributed by atoms with Gasteiger partial charge < -0.3 is 4.90 Å². The van der Waals surface area contributed by atoms with E-state index < -0.39 is 17.2 Å². The van der Waals surface area contributed by atoms with E-state index in [1.807, 2.05) is 23.1 Å². The standard InChI is InChI=1S/C26H23F3N6/c1-16-32-33-24-31-23(22-19(27)14-30-15-21(22)35(16)24)34-13-4-3-7-18-17(6-5-8-20(18)34)9-10-26(11-12-26)25(2,28)29/h5-6,8,14-15H,3-4,7,11-13H2,1-2H3. The summed E-state index contributed by atoms with van der Waals surface area (Å²) < 4.78 is 45.1. The number of nitrogens with zero attached hydrogens (tertiary/aromatic N) is 6. The molecule has 0 saturated heterocycles. The Morgan fingerprint density at radius 1 is 1.11 bits per heavy atom. The molecule has 0 amide bonds. The van der Waals surface area contributed by atoms with Gasteiger partial charge in [0.05, 0.1) is 28.7 Å². The second-order valence-electron chi connectivity index (χ2n) is 9.47. The Morgan fingerprint density at radius 2 is 1.94 bits per heavy atom. The zero-order valence-corrected chi connectivity index (χ0v) is 19.4. The molecule has 178 valence electrons. The third-order valence-corrected chi connectivity index (χ3v) is 7.14. The van der Waals surface area contributed by atoms with Crippen LogP contribution < -0.4 is 4.90 Å². The van der Waals surface area contributed by atoms with Crippen LogP contribution in [0.25, 0.3) is 16.7 Å².